The first-order valence-electron chi connectivity index (χ1n) is 10.3. The van der Waals surface area contributed by atoms with Gasteiger partial charge in [-0.25, -0.2) is 9.97 Å². The van der Waals surface area contributed by atoms with E-state index in [0.717, 1.165) is 38.4 Å². The molecule has 3 heterocycles. The van der Waals surface area contributed by atoms with Crippen molar-refractivity contribution in [2.45, 2.75) is 57.9 Å². The third-order valence-electron chi connectivity index (χ3n) is 5.76. The molecule has 3 rings (SSSR count). The molecule has 1 aromatic heterocycles. The zero-order valence-electron chi connectivity index (χ0n) is 16.1. The number of hydrogen-bond acceptors (Lipinski definition) is 5. The number of rotatable bonds is 7. The Bertz CT molecular complexity index is 544. The lowest BCUT2D eigenvalue weighted by atomic mass is 9.95. The van der Waals surface area contributed by atoms with E-state index in [9.17, 15) is 4.79 Å². The maximum Gasteiger partial charge on any atom is 0.225 e. The Balaban J connectivity index is 1.42. The SMILES string of the molecule is CCCCN1CCCCC1CNC(=O)C1CCN(c2ncccn2)CC1. The summed E-state index contributed by atoms with van der Waals surface area (Å²) in [5.41, 5.74) is 0. The summed E-state index contributed by atoms with van der Waals surface area (Å²) in [5, 5.41) is 3.25. The highest BCUT2D eigenvalue weighted by molar-refractivity contribution is 5.79. The number of carbonyl (C=O) groups excluding carboxylic acids is 1. The minimum atomic E-state index is 0.127. The Morgan fingerprint density at radius 3 is 2.65 bits per heavy atom. The van der Waals surface area contributed by atoms with Gasteiger partial charge in [0.05, 0.1) is 0 Å². The molecule has 1 amide bonds. The van der Waals surface area contributed by atoms with E-state index >= 15 is 0 Å². The lowest BCUT2D eigenvalue weighted by Gasteiger charge is -2.36. The second-order valence-corrected chi connectivity index (χ2v) is 7.59. The van der Waals surface area contributed by atoms with Crippen molar-refractivity contribution < 1.29 is 4.79 Å². The number of piperidine rings is 2. The summed E-state index contributed by atoms with van der Waals surface area (Å²) in [6.45, 7) is 7.13. The normalized spacial score (nSPS) is 22.3. The summed E-state index contributed by atoms with van der Waals surface area (Å²) in [5.74, 6) is 1.14. The maximum atomic E-state index is 12.6. The Morgan fingerprint density at radius 1 is 1.15 bits per heavy atom. The quantitative estimate of drug-likeness (QED) is 0.810. The van der Waals surface area contributed by atoms with Gasteiger partial charge in [0, 0.05) is 44.0 Å². The van der Waals surface area contributed by atoms with E-state index in [1.165, 1.54) is 45.2 Å². The van der Waals surface area contributed by atoms with Crippen LogP contribution in [0.4, 0.5) is 5.95 Å². The maximum absolute atomic E-state index is 12.6. The van der Waals surface area contributed by atoms with E-state index in [4.69, 9.17) is 0 Å². The van der Waals surface area contributed by atoms with Gasteiger partial charge in [-0.05, 0) is 51.3 Å². The molecule has 1 atom stereocenters. The van der Waals surface area contributed by atoms with Crippen molar-refractivity contribution in [3.8, 4) is 0 Å². The number of amides is 1. The summed E-state index contributed by atoms with van der Waals surface area (Å²) in [7, 11) is 0. The Labute approximate surface area is 157 Å². The van der Waals surface area contributed by atoms with Gasteiger partial charge in [0.25, 0.3) is 0 Å². The molecule has 2 aliphatic heterocycles. The highest BCUT2D eigenvalue weighted by Crippen LogP contribution is 2.21. The van der Waals surface area contributed by atoms with E-state index in [1.54, 1.807) is 12.4 Å². The van der Waals surface area contributed by atoms with Crippen LogP contribution in [0.2, 0.25) is 0 Å². The first kappa shape index (κ1) is 19.1. The highest BCUT2D eigenvalue weighted by atomic mass is 16.1. The van der Waals surface area contributed by atoms with Crippen molar-refractivity contribution in [2.75, 3.05) is 37.6 Å². The van der Waals surface area contributed by atoms with Crippen LogP contribution in [0.5, 0.6) is 0 Å². The predicted molar refractivity (Wildman–Crippen MR) is 104 cm³/mol. The molecule has 0 saturated carbocycles. The van der Waals surface area contributed by atoms with Gasteiger partial charge < -0.3 is 10.2 Å². The Morgan fingerprint density at radius 2 is 1.92 bits per heavy atom. The van der Waals surface area contributed by atoms with Gasteiger partial charge in [-0.3, -0.25) is 9.69 Å². The molecule has 144 valence electrons. The largest absolute Gasteiger partial charge is 0.354 e. The first-order chi connectivity index (χ1) is 12.8. The van der Waals surface area contributed by atoms with Crippen molar-refractivity contribution >= 4 is 11.9 Å². The van der Waals surface area contributed by atoms with E-state index < -0.39 is 0 Å². The molecule has 0 aliphatic carbocycles. The average molecular weight is 360 g/mol. The van der Waals surface area contributed by atoms with E-state index in [-0.39, 0.29) is 11.8 Å². The van der Waals surface area contributed by atoms with E-state index in [1.807, 2.05) is 6.07 Å². The summed E-state index contributed by atoms with van der Waals surface area (Å²) in [6.07, 6.45) is 11.6. The molecular formula is C20H33N5O. The molecule has 1 unspecified atom stereocenters. The highest BCUT2D eigenvalue weighted by Gasteiger charge is 2.27. The number of likely N-dealkylation sites (tertiary alicyclic amines) is 1. The third-order valence-corrected chi connectivity index (χ3v) is 5.76. The smallest absolute Gasteiger partial charge is 0.225 e. The fraction of sp³-hybridized carbons (Fsp3) is 0.750. The van der Waals surface area contributed by atoms with Crippen molar-refractivity contribution in [3.05, 3.63) is 18.5 Å². The van der Waals surface area contributed by atoms with E-state index in [0.29, 0.717) is 6.04 Å². The van der Waals surface area contributed by atoms with Gasteiger partial charge >= 0.3 is 0 Å². The van der Waals surface area contributed by atoms with Crippen LogP contribution < -0.4 is 10.2 Å². The molecule has 0 spiro atoms. The molecule has 1 N–H and O–H groups in total. The van der Waals surface area contributed by atoms with E-state index in [2.05, 4.69) is 32.0 Å². The van der Waals surface area contributed by atoms with Gasteiger partial charge in [-0.2, -0.15) is 0 Å². The number of hydrogen-bond donors (Lipinski definition) is 1. The molecule has 0 radical (unpaired) electrons. The van der Waals surface area contributed by atoms with Crippen LogP contribution in [-0.2, 0) is 4.79 Å². The van der Waals surface area contributed by atoms with Gasteiger partial charge in [-0.15, -0.1) is 0 Å². The van der Waals surface area contributed by atoms with Crippen LogP contribution >= 0.6 is 0 Å². The number of aromatic nitrogens is 2. The second-order valence-electron chi connectivity index (χ2n) is 7.59. The van der Waals surface area contributed by atoms with Crippen molar-refractivity contribution in [1.29, 1.82) is 0 Å². The predicted octanol–water partition coefficient (Wildman–Crippen LogP) is 2.46. The monoisotopic (exact) mass is 359 g/mol. The third kappa shape index (κ3) is 5.16. The molecule has 0 aromatic carbocycles. The molecule has 6 nitrogen and oxygen atoms in total. The van der Waals surface area contributed by atoms with Crippen molar-refractivity contribution in [1.82, 2.24) is 20.2 Å². The number of unbranched alkanes of at least 4 members (excludes halogenated alkanes) is 1. The van der Waals surface area contributed by atoms with Gasteiger partial charge in [0.2, 0.25) is 11.9 Å². The molecule has 2 fully saturated rings. The number of anilines is 1. The minimum absolute atomic E-state index is 0.127. The summed E-state index contributed by atoms with van der Waals surface area (Å²) < 4.78 is 0. The minimum Gasteiger partial charge on any atom is -0.354 e. The second kappa shape index (κ2) is 9.86. The van der Waals surface area contributed by atoms with Crippen LogP contribution in [0.25, 0.3) is 0 Å². The Hall–Kier alpha value is -1.69. The molecule has 0 bridgehead atoms. The van der Waals surface area contributed by atoms with Gasteiger partial charge in [-0.1, -0.05) is 19.8 Å². The standard InChI is InChI=1S/C20H33N5O/c1-2-3-12-24-13-5-4-7-18(24)16-23-19(26)17-8-14-25(15-9-17)20-21-10-6-11-22-20/h6,10-11,17-18H,2-5,7-9,12-16H2,1H3,(H,23,26). The summed E-state index contributed by atoms with van der Waals surface area (Å²) >= 11 is 0. The molecule has 2 saturated heterocycles. The van der Waals surface area contributed by atoms with Crippen LogP contribution in [0.1, 0.15) is 51.9 Å². The molecule has 1 aromatic rings. The summed E-state index contributed by atoms with van der Waals surface area (Å²) in [4.78, 5) is 26.0. The molecule has 6 heteroatoms. The van der Waals surface area contributed by atoms with Crippen molar-refractivity contribution in [2.24, 2.45) is 5.92 Å². The van der Waals surface area contributed by atoms with Crippen LogP contribution in [0.3, 0.4) is 0 Å². The zero-order chi connectivity index (χ0) is 18.2. The fourth-order valence-corrected chi connectivity index (χ4v) is 4.11. The lowest BCUT2D eigenvalue weighted by Crippen LogP contribution is -2.49. The topological polar surface area (TPSA) is 61.4 Å². The molecule has 2 aliphatic rings. The Kier molecular flexibility index (Phi) is 7.23. The van der Waals surface area contributed by atoms with Crippen LogP contribution in [0.15, 0.2) is 18.5 Å². The van der Waals surface area contributed by atoms with Crippen LogP contribution in [-0.4, -0.2) is 59.5 Å². The first-order valence-corrected chi connectivity index (χ1v) is 10.3. The average Bonchev–Trinajstić information content (AvgIpc) is 2.72. The summed E-state index contributed by atoms with van der Waals surface area (Å²) in [6, 6.07) is 2.36. The van der Waals surface area contributed by atoms with Crippen molar-refractivity contribution in [3.63, 3.8) is 0 Å². The molecular weight excluding hydrogens is 326 g/mol. The zero-order valence-corrected chi connectivity index (χ0v) is 16.1. The number of nitrogens with zero attached hydrogens (tertiary/aromatic N) is 4. The van der Waals surface area contributed by atoms with Gasteiger partial charge in [0.1, 0.15) is 0 Å². The number of carbonyl (C=O) groups is 1. The lowest BCUT2D eigenvalue weighted by molar-refractivity contribution is -0.125. The van der Waals surface area contributed by atoms with Crippen LogP contribution in [0, 0.1) is 5.92 Å². The van der Waals surface area contributed by atoms with Gasteiger partial charge in [0.15, 0.2) is 0 Å². The number of nitrogens with one attached hydrogen (secondary N) is 1. The fourth-order valence-electron chi connectivity index (χ4n) is 4.11. The molecule has 26 heavy (non-hydrogen) atoms.